The maximum atomic E-state index is 13.7. The second kappa shape index (κ2) is 9.50. The van der Waals surface area contributed by atoms with E-state index in [2.05, 4.69) is 20.7 Å². The Morgan fingerprint density at radius 2 is 1.64 bits per heavy atom. The fourth-order valence-corrected chi connectivity index (χ4v) is 2.45. The Kier molecular flexibility index (Phi) is 7.08. The molecule has 0 saturated carbocycles. The lowest BCUT2D eigenvalue weighted by Crippen LogP contribution is -2.48. The summed E-state index contributed by atoms with van der Waals surface area (Å²) in [4.78, 5) is 36.4. The molecular weight excluding hydrogens is 365 g/mol. The molecule has 0 aromatic heterocycles. The second-order valence-electron chi connectivity index (χ2n) is 6.36. The minimum absolute atomic E-state index is 0.211. The average Bonchev–Trinajstić information content (AvgIpc) is 2.67. The SMILES string of the molecule is COC(=O)c1cc(NC(=O)[C@H](NC(=O)Nc2ccccc2)C(C)C)ccc1F. The first-order chi connectivity index (χ1) is 13.3. The molecule has 2 aromatic rings. The number of carbonyl (C=O) groups is 3. The molecule has 0 aliphatic rings. The highest BCUT2D eigenvalue weighted by Crippen LogP contribution is 2.17. The number of esters is 1. The molecule has 0 heterocycles. The van der Waals surface area contributed by atoms with E-state index in [0.717, 1.165) is 13.2 Å². The summed E-state index contributed by atoms with van der Waals surface area (Å²) in [6.45, 7) is 3.55. The number of carbonyl (C=O) groups excluding carboxylic acids is 3. The Bertz CT molecular complexity index is 856. The number of halogens is 1. The van der Waals surface area contributed by atoms with Crippen LogP contribution in [0.4, 0.5) is 20.6 Å². The van der Waals surface area contributed by atoms with Gasteiger partial charge in [0.1, 0.15) is 11.9 Å². The molecule has 1 atom stereocenters. The van der Waals surface area contributed by atoms with E-state index in [4.69, 9.17) is 0 Å². The van der Waals surface area contributed by atoms with E-state index in [1.54, 1.807) is 38.1 Å². The van der Waals surface area contributed by atoms with Crippen molar-refractivity contribution in [3.05, 3.63) is 59.9 Å². The van der Waals surface area contributed by atoms with Crippen molar-refractivity contribution in [2.75, 3.05) is 17.7 Å². The number of ether oxygens (including phenoxy) is 1. The van der Waals surface area contributed by atoms with E-state index in [1.807, 2.05) is 6.07 Å². The molecule has 148 valence electrons. The molecule has 0 saturated heterocycles. The Labute approximate surface area is 162 Å². The molecule has 0 aliphatic heterocycles. The van der Waals surface area contributed by atoms with Crippen molar-refractivity contribution in [1.82, 2.24) is 5.32 Å². The van der Waals surface area contributed by atoms with Crippen molar-refractivity contribution >= 4 is 29.3 Å². The number of hydrogen-bond acceptors (Lipinski definition) is 4. The zero-order chi connectivity index (χ0) is 20.7. The number of anilines is 2. The lowest BCUT2D eigenvalue weighted by Gasteiger charge is -2.22. The Hall–Kier alpha value is -3.42. The van der Waals surface area contributed by atoms with Crippen LogP contribution in [0.25, 0.3) is 0 Å². The third kappa shape index (κ3) is 5.54. The summed E-state index contributed by atoms with van der Waals surface area (Å²) in [5.74, 6) is -2.33. The van der Waals surface area contributed by atoms with Gasteiger partial charge in [0.05, 0.1) is 12.7 Å². The highest BCUT2D eigenvalue weighted by molar-refractivity contribution is 6.00. The van der Waals surface area contributed by atoms with Gasteiger partial charge in [-0.1, -0.05) is 32.0 Å². The van der Waals surface area contributed by atoms with Gasteiger partial charge in [-0.25, -0.2) is 14.0 Å². The van der Waals surface area contributed by atoms with Gasteiger partial charge < -0.3 is 20.7 Å². The molecule has 2 rings (SSSR count). The Balaban J connectivity index is 2.08. The zero-order valence-electron chi connectivity index (χ0n) is 15.8. The van der Waals surface area contributed by atoms with Gasteiger partial charge in [0, 0.05) is 11.4 Å². The van der Waals surface area contributed by atoms with Crippen LogP contribution in [-0.4, -0.2) is 31.1 Å². The highest BCUT2D eigenvalue weighted by atomic mass is 19.1. The first kappa shape index (κ1) is 20.9. The average molecular weight is 387 g/mol. The number of methoxy groups -OCH3 is 1. The van der Waals surface area contributed by atoms with Crippen LogP contribution < -0.4 is 16.0 Å². The Morgan fingerprint density at radius 3 is 2.25 bits per heavy atom. The molecule has 0 aliphatic carbocycles. The van der Waals surface area contributed by atoms with Gasteiger partial charge in [0.25, 0.3) is 0 Å². The lowest BCUT2D eigenvalue weighted by atomic mass is 10.0. The van der Waals surface area contributed by atoms with Gasteiger partial charge in [-0.2, -0.15) is 0 Å². The van der Waals surface area contributed by atoms with E-state index < -0.39 is 29.8 Å². The first-order valence-corrected chi connectivity index (χ1v) is 8.63. The number of urea groups is 1. The molecule has 3 N–H and O–H groups in total. The van der Waals surface area contributed by atoms with E-state index in [-0.39, 0.29) is 17.2 Å². The van der Waals surface area contributed by atoms with Crippen molar-refractivity contribution < 1.29 is 23.5 Å². The molecule has 8 heteroatoms. The van der Waals surface area contributed by atoms with Crippen LogP contribution in [0.5, 0.6) is 0 Å². The van der Waals surface area contributed by atoms with Crippen LogP contribution in [0.2, 0.25) is 0 Å². The maximum Gasteiger partial charge on any atom is 0.340 e. The van der Waals surface area contributed by atoms with Gasteiger partial charge in [-0.3, -0.25) is 4.79 Å². The molecule has 7 nitrogen and oxygen atoms in total. The summed E-state index contributed by atoms with van der Waals surface area (Å²) in [6.07, 6.45) is 0. The standard InChI is InChI=1S/C20H22FN3O4/c1-12(2)17(24-20(27)23-13-7-5-4-6-8-13)18(25)22-14-9-10-16(21)15(11-14)19(26)28-3/h4-12,17H,1-3H3,(H,22,25)(H2,23,24,27)/t17-/m1/s1. The van der Waals surface area contributed by atoms with Crippen LogP contribution >= 0.6 is 0 Å². The van der Waals surface area contributed by atoms with E-state index in [0.29, 0.717) is 5.69 Å². The number of rotatable bonds is 6. The van der Waals surface area contributed by atoms with Crippen molar-refractivity contribution in [2.45, 2.75) is 19.9 Å². The summed E-state index contributed by atoms with van der Waals surface area (Å²) >= 11 is 0. The van der Waals surface area contributed by atoms with Gasteiger partial charge >= 0.3 is 12.0 Å². The normalized spacial score (nSPS) is 11.5. The van der Waals surface area contributed by atoms with Crippen molar-refractivity contribution in [2.24, 2.45) is 5.92 Å². The fraction of sp³-hybridized carbons (Fsp3) is 0.250. The van der Waals surface area contributed by atoms with Gasteiger partial charge in [-0.15, -0.1) is 0 Å². The van der Waals surface area contributed by atoms with Gasteiger partial charge in [0.2, 0.25) is 5.91 Å². The van der Waals surface area contributed by atoms with Gasteiger partial charge in [-0.05, 0) is 36.2 Å². The molecular formula is C20H22FN3O4. The van der Waals surface area contributed by atoms with Crippen LogP contribution in [0, 0.1) is 11.7 Å². The quantitative estimate of drug-likeness (QED) is 0.662. The summed E-state index contributed by atoms with van der Waals surface area (Å²) in [5, 5.41) is 7.84. The van der Waals surface area contributed by atoms with Crippen molar-refractivity contribution in [3.8, 4) is 0 Å². The summed E-state index contributed by atoms with van der Waals surface area (Å²) in [7, 11) is 1.14. The van der Waals surface area contributed by atoms with Crippen LogP contribution in [0.3, 0.4) is 0 Å². The third-order valence-corrected chi connectivity index (χ3v) is 3.91. The van der Waals surface area contributed by atoms with E-state index in [1.165, 1.54) is 12.1 Å². The molecule has 2 aromatic carbocycles. The van der Waals surface area contributed by atoms with Crippen molar-refractivity contribution in [3.63, 3.8) is 0 Å². The van der Waals surface area contributed by atoms with Gasteiger partial charge in [0.15, 0.2) is 0 Å². The number of nitrogens with one attached hydrogen (secondary N) is 3. The molecule has 0 unspecified atom stereocenters. The third-order valence-electron chi connectivity index (χ3n) is 3.91. The number of amides is 3. The van der Waals surface area contributed by atoms with Crippen LogP contribution in [0.1, 0.15) is 24.2 Å². The topological polar surface area (TPSA) is 96.5 Å². The fourth-order valence-electron chi connectivity index (χ4n) is 2.45. The monoisotopic (exact) mass is 387 g/mol. The predicted molar refractivity (Wildman–Crippen MR) is 104 cm³/mol. The smallest absolute Gasteiger partial charge is 0.340 e. The molecule has 0 bridgehead atoms. The Morgan fingerprint density at radius 1 is 0.964 bits per heavy atom. The minimum Gasteiger partial charge on any atom is -0.465 e. The van der Waals surface area contributed by atoms with E-state index in [9.17, 15) is 18.8 Å². The van der Waals surface area contributed by atoms with E-state index >= 15 is 0 Å². The molecule has 28 heavy (non-hydrogen) atoms. The number of para-hydroxylation sites is 1. The first-order valence-electron chi connectivity index (χ1n) is 8.63. The molecule has 0 radical (unpaired) electrons. The summed E-state index contributed by atoms with van der Waals surface area (Å²) in [6, 6.07) is 11.0. The van der Waals surface area contributed by atoms with Crippen molar-refractivity contribution in [1.29, 1.82) is 0 Å². The lowest BCUT2D eigenvalue weighted by molar-refractivity contribution is -0.118. The molecule has 0 fully saturated rings. The summed E-state index contributed by atoms with van der Waals surface area (Å²) < 4.78 is 18.2. The highest BCUT2D eigenvalue weighted by Gasteiger charge is 2.25. The minimum atomic E-state index is -0.852. The zero-order valence-corrected chi connectivity index (χ0v) is 15.8. The maximum absolute atomic E-state index is 13.7. The largest absolute Gasteiger partial charge is 0.465 e. The number of hydrogen-bond donors (Lipinski definition) is 3. The predicted octanol–water partition coefficient (Wildman–Crippen LogP) is 3.40. The molecule has 0 spiro atoms. The second-order valence-corrected chi connectivity index (χ2v) is 6.36. The number of benzene rings is 2. The van der Waals surface area contributed by atoms with Crippen LogP contribution in [-0.2, 0) is 9.53 Å². The summed E-state index contributed by atoms with van der Waals surface area (Å²) in [5.41, 5.74) is 0.503. The molecule has 3 amide bonds. The van der Waals surface area contributed by atoms with Crippen LogP contribution in [0.15, 0.2) is 48.5 Å².